The van der Waals surface area contributed by atoms with E-state index in [-0.39, 0.29) is 23.7 Å². The normalized spacial score (nSPS) is 15.5. The fraction of sp³-hybridized carbons (Fsp3) is 0.526. The number of carbonyl (C=O) groups excluding carboxylic acids is 2. The van der Waals surface area contributed by atoms with Crippen LogP contribution in [0.1, 0.15) is 60.2 Å². The Balaban J connectivity index is 1.55. The summed E-state index contributed by atoms with van der Waals surface area (Å²) in [7, 11) is 0. The van der Waals surface area contributed by atoms with Crippen LogP contribution in [0.4, 0.5) is 0 Å². The largest absolute Gasteiger partial charge is 0.467 e. The highest BCUT2D eigenvalue weighted by Crippen LogP contribution is 2.26. The molecule has 7 heteroatoms. The molecule has 1 saturated heterocycles. The number of nitrogens with one attached hydrogen (secondary N) is 1. The Morgan fingerprint density at radius 2 is 2.08 bits per heavy atom. The lowest BCUT2D eigenvalue weighted by atomic mass is 9.94. The highest BCUT2D eigenvalue weighted by Gasteiger charge is 2.31. The maximum atomic E-state index is 12.9. The van der Waals surface area contributed by atoms with E-state index in [1.54, 1.807) is 24.2 Å². The molecular formula is C19H25N3O4. The summed E-state index contributed by atoms with van der Waals surface area (Å²) in [5.41, 5.74) is 1.19. The van der Waals surface area contributed by atoms with E-state index >= 15 is 0 Å². The van der Waals surface area contributed by atoms with Crippen molar-refractivity contribution in [2.75, 3.05) is 13.1 Å². The second-order valence-electron chi connectivity index (χ2n) is 7.03. The maximum absolute atomic E-state index is 12.9. The number of aryl methyl sites for hydroxylation is 1. The standard InChI is InChI=1S/C19H25N3O4/c1-12(2)17-16(13(3)21-26-17)19(24)22-8-6-14(7-9-22)18(23)20-11-15-5-4-10-25-15/h4-5,10,12,14H,6-9,11H2,1-3H3,(H,20,23). The second kappa shape index (κ2) is 7.76. The minimum absolute atomic E-state index is 0.0116. The lowest BCUT2D eigenvalue weighted by Gasteiger charge is -2.31. The number of piperidine rings is 1. The van der Waals surface area contributed by atoms with Gasteiger partial charge in [0.1, 0.15) is 11.3 Å². The first-order valence-electron chi connectivity index (χ1n) is 9.03. The Labute approximate surface area is 152 Å². The average molecular weight is 359 g/mol. The third kappa shape index (κ3) is 3.81. The molecule has 3 heterocycles. The topological polar surface area (TPSA) is 88.6 Å². The van der Waals surface area contributed by atoms with Crippen LogP contribution in [0.5, 0.6) is 0 Å². The van der Waals surface area contributed by atoms with Crippen molar-refractivity contribution in [1.82, 2.24) is 15.4 Å². The van der Waals surface area contributed by atoms with Crippen molar-refractivity contribution >= 4 is 11.8 Å². The molecule has 1 fully saturated rings. The van der Waals surface area contributed by atoms with Crippen LogP contribution in [0.15, 0.2) is 27.3 Å². The number of nitrogens with zero attached hydrogens (tertiary/aromatic N) is 2. The van der Waals surface area contributed by atoms with Crippen molar-refractivity contribution in [3.05, 3.63) is 41.2 Å². The fourth-order valence-electron chi connectivity index (χ4n) is 3.28. The average Bonchev–Trinajstić information content (AvgIpc) is 3.28. The second-order valence-corrected chi connectivity index (χ2v) is 7.03. The zero-order chi connectivity index (χ0) is 18.7. The van der Waals surface area contributed by atoms with E-state index in [0.717, 1.165) is 5.76 Å². The van der Waals surface area contributed by atoms with Crippen LogP contribution < -0.4 is 5.32 Å². The molecule has 0 saturated carbocycles. The van der Waals surface area contributed by atoms with Gasteiger partial charge in [-0.1, -0.05) is 19.0 Å². The summed E-state index contributed by atoms with van der Waals surface area (Å²) in [6, 6.07) is 3.62. The summed E-state index contributed by atoms with van der Waals surface area (Å²) in [6.07, 6.45) is 2.89. The molecule has 0 unspecified atom stereocenters. The smallest absolute Gasteiger partial charge is 0.259 e. The summed E-state index contributed by atoms with van der Waals surface area (Å²) in [6.45, 7) is 7.25. The van der Waals surface area contributed by atoms with E-state index in [1.807, 2.05) is 19.9 Å². The Kier molecular flexibility index (Phi) is 5.44. The van der Waals surface area contributed by atoms with Gasteiger partial charge in [-0.3, -0.25) is 9.59 Å². The van der Waals surface area contributed by atoms with Gasteiger partial charge in [0.15, 0.2) is 5.76 Å². The number of rotatable bonds is 5. The fourth-order valence-corrected chi connectivity index (χ4v) is 3.28. The van der Waals surface area contributed by atoms with Gasteiger partial charge in [0.05, 0.1) is 18.5 Å². The van der Waals surface area contributed by atoms with Gasteiger partial charge in [0.25, 0.3) is 5.91 Å². The predicted octanol–water partition coefficient (Wildman–Crippen LogP) is 2.87. The van der Waals surface area contributed by atoms with Gasteiger partial charge in [-0.2, -0.15) is 0 Å². The lowest BCUT2D eigenvalue weighted by molar-refractivity contribution is -0.126. The van der Waals surface area contributed by atoms with Gasteiger partial charge in [-0.05, 0) is 31.9 Å². The van der Waals surface area contributed by atoms with E-state index in [1.165, 1.54) is 0 Å². The van der Waals surface area contributed by atoms with Crippen LogP contribution in [0.2, 0.25) is 0 Å². The molecule has 140 valence electrons. The summed E-state index contributed by atoms with van der Waals surface area (Å²) >= 11 is 0. The molecule has 1 N–H and O–H groups in total. The first-order valence-corrected chi connectivity index (χ1v) is 9.03. The van der Waals surface area contributed by atoms with Gasteiger partial charge in [-0.15, -0.1) is 0 Å². The third-order valence-corrected chi connectivity index (χ3v) is 4.80. The first-order chi connectivity index (χ1) is 12.5. The predicted molar refractivity (Wildman–Crippen MR) is 94.5 cm³/mol. The van der Waals surface area contributed by atoms with Crippen molar-refractivity contribution in [3.63, 3.8) is 0 Å². The number of amides is 2. The summed E-state index contributed by atoms with van der Waals surface area (Å²) in [5.74, 6) is 1.34. The molecule has 2 amide bonds. The molecule has 2 aromatic rings. The zero-order valence-corrected chi connectivity index (χ0v) is 15.4. The number of hydrogen-bond acceptors (Lipinski definition) is 5. The molecule has 1 aliphatic heterocycles. The molecule has 1 aliphatic rings. The van der Waals surface area contributed by atoms with Crippen molar-refractivity contribution in [3.8, 4) is 0 Å². The number of aromatic nitrogens is 1. The van der Waals surface area contributed by atoms with E-state index in [2.05, 4.69) is 10.5 Å². The van der Waals surface area contributed by atoms with Crippen LogP contribution >= 0.6 is 0 Å². The molecular weight excluding hydrogens is 334 g/mol. The first kappa shape index (κ1) is 18.2. The van der Waals surface area contributed by atoms with E-state index in [4.69, 9.17) is 8.94 Å². The number of likely N-dealkylation sites (tertiary alicyclic amines) is 1. The quantitative estimate of drug-likeness (QED) is 0.887. The van der Waals surface area contributed by atoms with Crippen molar-refractivity contribution < 1.29 is 18.5 Å². The molecule has 0 aliphatic carbocycles. The molecule has 0 aromatic carbocycles. The Morgan fingerprint density at radius 3 is 2.69 bits per heavy atom. The van der Waals surface area contributed by atoms with E-state index < -0.39 is 0 Å². The molecule has 3 rings (SSSR count). The van der Waals surface area contributed by atoms with Crippen LogP contribution in [0.3, 0.4) is 0 Å². The van der Waals surface area contributed by atoms with Gasteiger partial charge in [-0.25, -0.2) is 0 Å². The summed E-state index contributed by atoms with van der Waals surface area (Å²) in [4.78, 5) is 27.0. The Morgan fingerprint density at radius 1 is 1.35 bits per heavy atom. The maximum Gasteiger partial charge on any atom is 0.259 e. The third-order valence-electron chi connectivity index (χ3n) is 4.80. The molecule has 7 nitrogen and oxygen atoms in total. The Hall–Kier alpha value is -2.57. The van der Waals surface area contributed by atoms with Crippen LogP contribution in [-0.2, 0) is 11.3 Å². The number of furan rings is 1. The van der Waals surface area contributed by atoms with Crippen LogP contribution in [-0.4, -0.2) is 35.0 Å². The van der Waals surface area contributed by atoms with Gasteiger partial charge < -0.3 is 19.2 Å². The summed E-state index contributed by atoms with van der Waals surface area (Å²) < 4.78 is 10.5. The van der Waals surface area contributed by atoms with Crippen molar-refractivity contribution in [1.29, 1.82) is 0 Å². The summed E-state index contributed by atoms with van der Waals surface area (Å²) in [5, 5.41) is 6.85. The van der Waals surface area contributed by atoms with E-state index in [9.17, 15) is 9.59 Å². The Bertz CT molecular complexity index is 756. The molecule has 2 aromatic heterocycles. The zero-order valence-electron chi connectivity index (χ0n) is 15.4. The van der Waals surface area contributed by atoms with Crippen molar-refractivity contribution in [2.45, 2.75) is 46.1 Å². The van der Waals surface area contributed by atoms with Gasteiger partial charge in [0, 0.05) is 24.9 Å². The van der Waals surface area contributed by atoms with E-state index in [0.29, 0.717) is 49.5 Å². The number of hydrogen-bond donors (Lipinski definition) is 1. The SMILES string of the molecule is Cc1noc(C(C)C)c1C(=O)N1CCC(C(=O)NCc2ccco2)CC1. The molecule has 0 spiro atoms. The van der Waals surface area contributed by atoms with Gasteiger partial charge >= 0.3 is 0 Å². The molecule has 0 radical (unpaired) electrons. The van der Waals surface area contributed by atoms with Crippen LogP contribution in [0.25, 0.3) is 0 Å². The van der Waals surface area contributed by atoms with Crippen molar-refractivity contribution in [2.24, 2.45) is 5.92 Å². The minimum Gasteiger partial charge on any atom is -0.467 e. The van der Waals surface area contributed by atoms with Crippen LogP contribution in [0, 0.1) is 12.8 Å². The monoisotopic (exact) mass is 359 g/mol. The number of carbonyl (C=O) groups is 2. The molecule has 26 heavy (non-hydrogen) atoms. The highest BCUT2D eigenvalue weighted by atomic mass is 16.5. The minimum atomic E-state index is -0.0813. The molecule has 0 atom stereocenters. The highest BCUT2D eigenvalue weighted by molar-refractivity contribution is 5.96. The lowest BCUT2D eigenvalue weighted by Crippen LogP contribution is -2.43. The van der Waals surface area contributed by atoms with Gasteiger partial charge in [0.2, 0.25) is 5.91 Å². The molecule has 0 bridgehead atoms.